The van der Waals surface area contributed by atoms with Gasteiger partial charge in [0.2, 0.25) is 11.7 Å². The van der Waals surface area contributed by atoms with E-state index in [1.165, 1.54) is 6.07 Å². The molecule has 0 saturated carbocycles. The number of aromatic nitrogens is 2. The number of halogens is 2. The number of nitrogens with zero attached hydrogens (tertiary/aromatic N) is 3. The van der Waals surface area contributed by atoms with Crippen molar-refractivity contribution in [3.05, 3.63) is 35.5 Å². The monoisotopic (exact) mass is 369 g/mol. The van der Waals surface area contributed by atoms with Crippen LogP contribution in [-0.2, 0) is 4.79 Å². The van der Waals surface area contributed by atoms with Gasteiger partial charge in [0.1, 0.15) is 5.82 Å². The van der Waals surface area contributed by atoms with Gasteiger partial charge >= 0.3 is 5.97 Å². The Morgan fingerprint density at radius 3 is 2.68 bits per heavy atom. The average Bonchev–Trinajstić information content (AvgIpc) is 3.07. The lowest BCUT2D eigenvalue weighted by molar-refractivity contribution is -0.143. The maximum Gasteiger partial charge on any atom is 0.306 e. The van der Waals surface area contributed by atoms with E-state index in [0.717, 1.165) is 0 Å². The first-order chi connectivity index (χ1) is 11.5. The lowest BCUT2D eigenvalue weighted by Crippen LogP contribution is -2.37. The van der Waals surface area contributed by atoms with Crippen LogP contribution in [-0.4, -0.2) is 39.2 Å². The molecule has 25 heavy (non-hydrogen) atoms. The van der Waals surface area contributed by atoms with Crippen molar-refractivity contribution in [2.45, 2.75) is 32.7 Å². The van der Waals surface area contributed by atoms with Crippen LogP contribution in [0.4, 0.5) is 4.39 Å². The van der Waals surface area contributed by atoms with Gasteiger partial charge in [0.05, 0.1) is 12.0 Å². The van der Waals surface area contributed by atoms with Crippen molar-refractivity contribution in [1.82, 2.24) is 15.0 Å². The van der Waals surface area contributed by atoms with Crippen LogP contribution in [0.3, 0.4) is 0 Å². The van der Waals surface area contributed by atoms with Crippen LogP contribution in [0.2, 0.25) is 0 Å². The largest absolute Gasteiger partial charge is 0.481 e. The van der Waals surface area contributed by atoms with E-state index in [-0.39, 0.29) is 30.2 Å². The fourth-order valence-electron chi connectivity index (χ4n) is 3.00. The van der Waals surface area contributed by atoms with Crippen LogP contribution in [0.1, 0.15) is 37.3 Å². The normalized spacial score (nSPS) is 17.1. The SMILES string of the molecule is Cc1cc(-c2noc(C(C)N3CCC(C(=O)O)CC3)n2)ccc1F.Cl. The van der Waals surface area contributed by atoms with Gasteiger partial charge in [-0.1, -0.05) is 5.16 Å². The number of benzene rings is 1. The van der Waals surface area contributed by atoms with Crippen molar-refractivity contribution >= 4 is 18.4 Å². The van der Waals surface area contributed by atoms with E-state index in [2.05, 4.69) is 15.0 Å². The number of rotatable bonds is 4. The second kappa shape index (κ2) is 7.93. The smallest absolute Gasteiger partial charge is 0.306 e. The number of carboxylic acid groups (broad SMARTS) is 1. The van der Waals surface area contributed by atoms with E-state index in [1.807, 2.05) is 6.92 Å². The Bertz CT molecular complexity index is 744. The summed E-state index contributed by atoms with van der Waals surface area (Å²) in [5.74, 6) is -0.346. The number of aryl methyl sites for hydroxylation is 1. The molecule has 8 heteroatoms. The van der Waals surface area contributed by atoms with E-state index in [9.17, 15) is 9.18 Å². The molecule has 1 fully saturated rings. The van der Waals surface area contributed by atoms with Gasteiger partial charge < -0.3 is 9.63 Å². The molecule has 1 aliphatic rings. The molecule has 1 aliphatic heterocycles. The zero-order valence-corrected chi connectivity index (χ0v) is 14.9. The summed E-state index contributed by atoms with van der Waals surface area (Å²) in [6.07, 6.45) is 1.25. The molecule has 0 bridgehead atoms. The minimum Gasteiger partial charge on any atom is -0.481 e. The fourth-order valence-corrected chi connectivity index (χ4v) is 3.00. The molecule has 1 aromatic heterocycles. The predicted octanol–water partition coefficient (Wildman–Crippen LogP) is 3.46. The highest BCUT2D eigenvalue weighted by molar-refractivity contribution is 5.85. The van der Waals surface area contributed by atoms with E-state index >= 15 is 0 Å². The zero-order valence-electron chi connectivity index (χ0n) is 14.1. The van der Waals surface area contributed by atoms with E-state index < -0.39 is 5.97 Å². The number of carboxylic acids is 1. The molecule has 0 spiro atoms. The first-order valence-corrected chi connectivity index (χ1v) is 8.02. The third kappa shape index (κ3) is 4.16. The first kappa shape index (κ1) is 19.3. The van der Waals surface area contributed by atoms with Gasteiger partial charge in [-0.15, -0.1) is 12.4 Å². The molecule has 2 heterocycles. The van der Waals surface area contributed by atoms with Gasteiger partial charge in [-0.3, -0.25) is 9.69 Å². The van der Waals surface area contributed by atoms with E-state index in [4.69, 9.17) is 9.63 Å². The Balaban J connectivity index is 0.00000225. The summed E-state index contributed by atoms with van der Waals surface area (Å²) in [5, 5.41) is 13.1. The van der Waals surface area contributed by atoms with Crippen molar-refractivity contribution < 1.29 is 18.8 Å². The molecular formula is C17H21ClFN3O3. The van der Waals surface area contributed by atoms with E-state index in [1.54, 1.807) is 19.1 Å². The topological polar surface area (TPSA) is 79.5 Å². The summed E-state index contributed by atoms with van der Waals surface area (Å²) in [5.41, 5.74) is 1.24. The molecule has 0 amide bonds. The number of hydrogen-bond acceptors (Lipinski definition) is 5. The standard InChI is InChI=1S/C17H20FN3O3.ClH/c1-10-9-13(3-4-14(10)18)15-19-16(24-20-15)11(2)21-7-5-12(6-8-21)17(22)23;/h3-4,9,11-12H,5-8H2,1-2H3,(H,22,23);1H. The second-order valence-electron chi connectivity index (χ2n) is 6.24. The molecule has 2 aromatic rings. The molecule has 1 aromatic carbocycles. The van der Waals surface area contributed by atoms with Crippen molar-refractivity contribution in [2.24, 2.45) is 5.92 Å². The lowest BCUT2D eigenvalue weighted by atomic mass is 9.96. The molecule has 6 nitrogen and oxygen atoms in total. The first-order valence-electron chi connectivity index (χ1n) is 8.02. The minimum atomic E-state index is -0.728. The van der Waals surface area contributed by atoms with Gasteiger partial charge in [0, 0.05) is 5.56 Å². The number of carbonyl (C=O) groups is 1. The highest BCUT2D eigenvalue weighted by Gasteiger charge is 2.29. The van der Waals surface area contributed by atoms with Crippen molar-refractivity contribution in [2.75, 3.05) is 13.1 Å². The quantitative estimate of drug-likeness (QED) is 0.889. The van der Waals surface area contributed by atoms with Crippen LogP contribution < -0.4 is 0 Å². The molecule has 1 N–H and O–H groups in total. The molecule has 0 aliphatic carbocycles. The van der Waals surface area contributed by atoms with Crippen LogP contribution in [0.5, 0.6) is 0 Å². The second-order valence-corrected chi connectivity index (χ2v) is 6.24. The number of likely N-dealkylation sites (tertiary alicyclic amines) is 1. The molecule has 3 rings (SSSR count). The van der Waals surface area contributed by atoms with Crippen molar-refractivity contribution in [3.63, 3.8) is 0 Å². The number of piperidine rings is 1. The summed E-state index contributed by atoms with van der Waals surface area (Å²) < 4.78 is 18.7. The Morgan fingerprint density at radius 1 is 1.40 bits per heavy atom. The highest BCUT2D eigenvalue weighted by Crippen LogP contribution is 2.27. The highest BCUT2D eigenvalue weighted by atomic mass is 35.5. The summed E-state index contributed by atoms with van der Waals surface area (Å²) in [6.45, 7) is 5.03. The Labute approximate surface area is 151 Å². The summed E-state index contributed by atoms with van der Waals surface area (Å²) in [7, 11) is 0. The Hall–Kier alpha value is -1.99. The van der Waals surface area contributed by atoms with Crippen molar-refractivity contribution in [1.29, 1.82) is 0 Å². The van der Waals surface area contributed by atoms with Gasteiger partial charge in [-0.05, 0) is 63.5 Å². The molecular weight excluding hydrogens is 349 g/mol. The van der Waals surface area contributed by atoms with Crippen molar-refractivity contribution in [3.8, 4) is 11.4 Å². The van der Waals surface area contributed by atoms with Crippen LogP contribution in [0, 0.1) is 18.7 Å². The Morgan fingerprint density at radius 2 is 2.08 bits per heavy atom. The average molecular weight is 370 g/mol. The lowest BCUT2D eigenvalue weighted by Gasteiger charge is -2.32. The molecule has 1 saturated heterocycles. The van der Waals surface area contributed by atoms with Gasteiger partial charge in [-0.2, -0.15) is 4.98 Å². The summed E-state index contributed by atoms with van der Waals surface area (Å²) >= 11 is 0. The molecule has 136 valence electrons. The van der Waals surface area contributed by atoms with Gasteiger partial charge in [-0.25, -0.2) is 4.39 Å². The maximum absolute atomic E-state index is 13.4. The van der Waals surface area contributed by atoms with Gasteiger partial charge in [0.25, 0.3) is 0 Å². The van der Waals surface area contributed by atoms with Gasteiger partial charge in [0.15, 0.2) is 0 Å². The zero-order chi connectivity index (χ0) is 17.3. The molecule has 1 unspecified atom stereocenters. The Kier molecular flexibility index (Phi) is 6.13. The number of aliphatic carboxylic acids is 1. The fraction of sp³-hybridized carbons (Fsp3) is 0.471. The summed E-state index contributed by atoms with van der Waals surface area (Å²) in [4.78, 5) is 17.6. The van der Waals surface area contributed by atoms with E-state index in [0.29, 0.717) is 48.8 Å². The van der Waals surface area contributed by atoms with Crippen LogP contribution >= 0.6 is 12.4 Å². The van der Waals surface area contributed by atoms with Crippen LogP contribution in [0.25, 0.3) is 11.4 Å². The summed E-state index contributed by atoms with van der Waals surface area (Å²) in [6, 6.07) is 4.62. The predicted molar refractivity (Wildman–Crippen MR) is 92.0 cm³/mol. The maximum atomic E-state index is 13.4. The number of hydrogen-bond donors (Lipinski definition) is 1. The molecule has 1 atom stereocenters. The third-order valence-electron chi connectivity index (χ3n) is 4.64. The molecule has 0 radical (unpaired) electrons. The van der Waals surface area contributed by atoms with Crippen LogP contribution in [0.15, 0.2) is 22.7 Å². The minimum absolute atomic E-state index is 0. The third-order valence-corrected chi connectivity index (χ3v) is 4.64.